The van der Waals surface area contributed by atoms with Gasteiger partial charge in [0.05, 0.1) is 5.41 Å². The average molecular weight is 244 g/mol. The quantitative estimate of drug-likeness (QED) is 0.837. The topological polar surface area (TPSA) is 52.0 Å². The Labute approximate surface area is 107 Å². The van der Waals surface area contributed by atoms with E-state index in [-0.39, 0.29) is 11.5 Å². The summed E-state index contributed by atoms with van der Waals surface area (Å²) in [5, 5.41) is 0. The van der Waals surface area contributed by atoms with E-state index in [9.17, 15) is 0 Å². The summed E-state index contributed by atoms with van der Waals surface area (Å²) in [5.74, 6) is 0.819. The van der Waals surface area contributed by atoms with Crippen molar-refractivity contribution in [3.63, 3.8) is 0 Å². The van der Waals surface area contributed by atoms with Crippen molar-refractivity contribution >= 4 is 11.1 Å². The molecule has 1 aromatic carbocycles. The number of aryl methyl sites for hydroxylation is 1. The maximum atomic E-state index is 6.31. The van der Waals surface area contributed by atoms with Crippen LogP contribution in [-0.4, -0.2) is 11.0 Å². The maximum Gasteiger partial charge on any atom is 0.203 e. The number of benzene rings is 1. The van der Waals surface area contributed by atoms with Crippen LogP contribution in [0.25, 0.3) is 11.1 Å². The second kappa shape index (κ2) is 4.09. The van der Waals surface area contributed by atoms with Crippen molar-refractivity contribution in [2.75, 3.05) is 0 Å². The van der Waals surface area contributed by atoms with Crippen LogP contribution in [0, 0.1) is 6.92 Å². The molecule has 0 amide bonds. The standard InChI is InChI=1S/C15H20N2O/c1-10-6-5-7-11-13(10)18-14(17-11)15(2)9-4-3-8-12(15)16/h5-7,12H,3-4,8-9,16H2,1-2H3. The molecule has 3 heteroatoms. The van der Waals surface area contributed by atoms with E-state index in [4.69, 9.17) is 10.2 Å². The summed E-state index contributed by atoms with van der Waals surface area (Å²) in [6.07, 6.45) is 4.56. The van der Waals surface area contributed by atoms with Crippen LogP contribution in [0.1, 0.15) is 44.1 Å². The summed E-state index contributed by atoms with van der Waals surface area (Å²) < 4.78 is 6.02. The molecule has 1 aromatic heterocycles. The fourth-order valence-corrected chi connectivity index (χ4v) is 2.96. The van der Waals surface area contributed by atoms with Gasteiger partial charge in [-0.25, -0.2) is 4.98 Å². The number of fused-ring (bicyclic) bond motifs is 1. The Bertz CT molecular complexity index is 575. The van der Waals surface area contributed by atoms with Gasteiger partial charge in [0, 0.05) is 6.04 Å². The Balaban J connectivity index is 2.11. The van der Waals surface area contributed by atoms with E-state index < -0.39 is 0 Å². The molecule has 3 nitrogen and oxygen atoms in total. The summed E-state index contributed by atoms with van der Waals surface area (Å²) in [5.41, 5.74) is 9.19. The molecule has 2 atom stereocenters. The fourth-order valence-electron chi connectivity index (χ4n) is 2.96. The van der Waals surface area contributed by atoms with E-state index in [1.807, 2.05) is 12.1 Å². The molecule has 1 heterocycles. The first-order valence-corrected chi connectivity index (χ1v) is 6.73. The van der Waals surface area contributed by atoms with Gasteiger partial charge in [0.1, 0.15) is 5.52 Å². The lowest BCUT2D eigenvalue weighted by molar-refractivity contribution is 0.225. The van der Waals surface area contributed by atoms with Gasteiger partial charge in [0.25, 0.3) is 0 Å². The van der Waals surface area contributed by atoms with Gasteiger partial charge < -0.3 is 10.2 Å². The summed E-state index contributed by atoms with van der Waals surface area (Å²) in [6.45, 7) is 4.25. The average Bonchev–Trinajstić information content (AvgIpc) is 2.79. The number of rotatable bonds is 1. The van der Waals surface area contributed by atoms with Crippen LogP contribution in [0.3, 0.4) is 0 Å². The number of aromatic nitrogens is 1. The van der Waals surface area contributed by atoms with Gasteiger partial charge in [-0.15, -0.1) is 0 Å². The van der Waals surface area contributed by atoms with Gasteiger partial charge in [0.15, 0.2) is 5.58 Å². The van der Waals surface area contributed by atoms with Crippen molar-refractivity contribution in [3.8, 4) is 0 Å². The van der Waals surface area contributed by atoms with Gasteiger partial charge in [-0.05, 0) is 38.3 Å². The van der Waals surface area contributed by atoms with E-state index in [1.54, 1.807) is 0 Å². The molecule has 2 N–H and O–H groups in total. The molecule has 96 valence electrons. The van der Waals surface area contributed by atoms with Crippen LogP contribution in [-0.2, 0) is 5.41 Å². The molecule has 0 aliphatic heterocycles. The van der Waals surface area contributed by atoms with Crippen LogP contribution < -0.4 is 5.73 Å². The second-order valence-electron chi connectivity index (χ2n) is 5.71. The smallest absolute Gasteiger partial charge is 0.203 e. The molecule has 1 aliphatic rings. The van der Waals surface area contributed by atoms with E-state index in [0.29, 0.717) is 0 Å². The van der Waals surface area contributed by atoms with Crippen molar-refractivity contribution in [2.24, 2.45) is 5.73 Å². The first kappa shape index (κ1) is 11.7. The van der Waals surface area contributed by atoms with E-state index in [1.165, 1.54) is 12.8 Å². The third kappa shape index (κ3) is 1.65. The minimum atomic E-state index is -0.107. The SMILES string of the molecule is Cc1cccc2nc(C3(C)CCCCC3N)oc12. The lowest BCUT2D eigenvalue weighted by atomic mass is 9.72. The minimum Gasteiger partial charge on any atom is -0.440 e. The van der Waals surface area contributed by atoms with Gasteiger partial charge in [-0.1, -0.05) is 25.0 Å². The number of hydrogen-bond acceptors (Lipinski definition) is 3. The minimum absolute atomic E-state index is 0.107. The van der Waals surface area contributed by atoms with Crippen LogP contribution in [0.2, 0.25) is 0 Å². The van der Waals surface area contributed by atoms with Crippen LogP contribution in [0.15, 0.2) is 22.6 Å². The van der Waals surface area contributed by atoms with Crippen molar-refractivity contribution in [2.45, 2.75) is 51.0 Å². The van der Waals surface area contributed by atoms with Crippen molar-refractivity contribution in [3.05, 3.63) is 29.7 Å². The predicted octanol–water partition coefficient (Wildman–Crippen LogP) is 3.30. The molecule has 1 aliphatic carbocycles. The van der Waals surface area contributed by atoms with Crippen molar-refractivity contribution in [1.82, 2.24) is 4.98 Å². The van der Waals surface area contributed by atoms with Gasteiger partial charge in [-0.2, -0.15) is 0 Å². The highest BCUT2D eigenvalue weighted by Gasteiger charge is 2.40. The molecule has 1 fully saturated rings. The number of oxazole rings is 1. The monoisotopic (exact) mass is 244 g/mol. The van der Waals surface area contributed by atoms with Crippen LogP contribution >= 0.6 is 0 Å². The van der Waals surface area contributed by atoms with Crippen molar-refractivity contribution in [1.29, 1.82) is 0 Å². The van der Waals surface area contributed by atoms with E-state index in [2.05, 4.69) is 24.9 Å². The van der Waals surface area contributed by atoms with Gasteiger partial charge >= 0.3 is 0 Å². The molecular weight excluding hydrogens is 224 g/mol. The fraction of sp³-hybridized carbons (Fsp3) is 0.533. The molecule has 3 rings (SSSR count). The molecular formula is C15H20N2O. The first-order chi connectivity index (χ1) is 8.61. The van der Waals surface area contributed by atoms with E-state index in [0.717, 1.165) is 35.4 Å². The Kier molecular flexibility index (Phi) is 2.67. The normalized spacial score (nSPS) is 28.7. The van der Waals surface area contributed by atoms with Gasteiger partial charge in [-0.3, -0.25) is 0 Å². The van der Waals surface area contributed by atoms with Crippen LogP contribution in [0.5, 0.6) is 0 Å². The molecule has 18 heavy (non-hydrogen) atoms. The molecule has 2 unspecified atom stereocenters. The van der Waals surface area contributed by atoms with Gasteiger partial charge in [0.2, 0.25) is 5.89 Å². The number of nitrogens with two attached hydrogens (primary N) is 1. The predicted molar refractivity (Wildman–Crippen MR) is 72.5 cm³/mol. The molecule has 0 spiro atoms. The lowest BCUT2D eigenvalue weighted by Crippen LogP contribution is -2.45. The maximum absolute atomic E-state index is 6.31. The Morgan fingerprint density at radius 1 is 1.39 bits per heavy atom. The zero-order valence-electron chi connectivity index (χ0n) is 11.1. The Hall–Kier alpha value is -1.35. The highest BCUT2D eigenvalue weighted by molar-refractivity contribution is 5.76. The van der Waals surface area contributed by atoms with Crippen LogP contribution in [0.4, 0.5) is 0 Å². The second-order valence-corrected chi connectivity index (χ2v) is 5.71. The molecule has 0 bridgehead atoms. The third-order valence-electron chi connectivity index (χ3n) is 4.38. The number of hydrogen-bond donors (Lipinski definition) is 1. The third-order valence-corrected chi connectivity index (χ3v) is 4.38. The molecule has 0 saturated heterocycles. The molecule has 2 aromatic rings. The highest BCUT2D eigenvalue weighted by Crippen LogP contribution is 2.39. The Morgan fingerprint density at radius 2 is 2.22 bits per heavy atom. The van der Waals surface area contributed by atoms with E-state index >= 15 is 0 Å². The largest absolute Gasteiger partial charge is 0.440 e. The zero-order valence-corrected chi connectivity index (χ0v) is 11.1. The Morgan fingerprint density at radius 3 is 2.94 bits per heavy atom. The summed E-state index contributed by atoms with van der Waals surface area (Å²) in [4.78, 5) is 4.67. The summed E-state index contributed by atoms with van der Waals surface area (Å²) in [7, 11) is 0. The van der Waals surface area contributed by atoms with Crippen molar-refractivity contribution < 1.29 is 4.42 Å². The summed E-state index contributed by atoms with van der Waals surface area (Å²) >= 11 is 0. The highest BCUT2D eigenvalue weighted by atomic mass is 16.3. The molecule has 0 radical (unpaired) electrons. The lowest BCUT2D eigenvalue weighted by Gasteiger charge is -2.36. The summed E-state index contributed by atoms with van der Waals surface area (Å²) in [6, 6.07) is 6.24. The molecule has 1 saturated carbocycles. The number of nitrogens with zero attached hydrogens (tertiary/aromatic N) is 1. The number of para-hydroxylation sites is 1. The zero-order chi connectivity index (χ0) is 12.8. The first-order valence-electron chi connectivity index (χ1n) is 6.73.